The standard InChI is InChI=1S/C9H13P/c1-3-8-5-4-6-9(7-8)10-2/h4-7,10H,3H2,1-2H3. The summed E-state index contributed by atoms with van der Waals surface area (Å²) >= 11 is 0. The molecule has 0 bridgehead atoms. The zero-order valence-corrected chi connectivity index (χ0v) is 7.52. The summed E-state index contributed by atoms with van der Waals surface area (Å²) in [6.07, 6.45) is 1.15. The molecule has 0 N–H and O–H groups in total. The summed E-state index contributed by atoms with van der Waals surface area (Å²) in [5, 5.41) is 1.47. The van der Waals surface area contributed by atoms with E-state index in [1.165, 1.54) is 10.9 Å². The molecule has 0 radical (unpaired) electrons. The van der Waals surface area contributed by atoms with Crippen molar-refractivity contribution in [3.8, 4) is 0 Å². The van der Waals surface area contributed by atoms with E-state index in [2.05, 4.69) is 37.9 Å². The van der Waals surface area contributed by atoms with Crippen molar-refractivity contribution in [3.05, 3.63) is 29.8 Å². The third kappa shape index (κ3) is 1.82. The molecule has 0 aromatic heterocycles. The fourth-order valence-corrected chi connectivity index (χ4v) is 1.54. The molecule has 0 nitrogen and oxygen atoms in total. The van der Waals surface area contributed by atoms with Crippen LogP contribution in [0, 0.1) is 0 Å². The van der Waals surface area contributed by atoms with Gasteiger partial charge in [-0.2, -0.15) is 0 Å². The predicted molar refractivity (Wildman–Crippen MR) is 49.7 cm³/mol. The van der Waals surface area contributed by atoms with Gasteiger partial charge in [0.2, 0.25) is 0 Å². The number of benzene rings is 1. The van der Waals surface area contributed by atoms with Crippen LogP contribution in [0.4, 0.5) is 0 Å². The zero-order valence-electron chi connectivity index (χ0n) is 6.52. The molecule has 0 aliphatic rings. The van der Waals surface area contributed by atoms with Gasteiger partial charge in [0, 0.05) is 0 Å². The van der Waals surface area contributed by atoms with Crippen LogP contribution in [0.3, 0.4) is 0 Å². The molecule has 10 heavy (non-hydrogen) atoms. The molecule has 1 rings (SSSR count). The van der Waals surface area contributed by atoms with Gasteiger partial charge in [0.05, 0.1) is 0 Å². The van der Waals surface area contributed by atoms with E-state index in [0.717, 1.165) is 15.0 Å². The van der Waals surface area contributed by atoms with E-state index in [1.807, 2.05) is 0 Å². The van der Waals surface area contributed by atoms with E-state index < -0.39 is 0 Å². The van der Waals surface area contributed by atoms with Crippen molar-refractivity contribution in [1.82, 2.24) is 0 Å². The summed E-state index contributed by atoms with van der Waals surface area (Å²) in [6.45, 7) is 4.41. The Balaban J connectivity index is 2.87. The van der Waals surface area contributed by atoms with E-state index in [4.69, 9.17) is 0 Å². The van der Waals surface area contributed by atoms with Gasteiger partial charge in [-0.05, 0) is 24.0 Å². The fourth-order valence-electron chi connectivity index (χ4n) is 0.947. The minimum Gasteiger partial charge on any atom is -0.0936 e. The fraction of sp³-hybridized carbons (Fsp3) is 0.333. The number of hydrogen-bond donors (Lipinski definition) is 0. The first-order valence-electron chi connectivity index (χ1n) is 3.63. The lowest BCUT2D eigenvalue weighted by Crippen LogP contribution is -1.93. The van der Waals surface area contributed by atoms with Gasteiger partial charge in [0.15, 0.2) is 0 Å². The molecular weight excluding hydrogens is 139 g/mol. The normalized spacial score (nSPS) is 11.0. The van der Waals surface area contributed by atoms with E-state index >= 15 is 0 Å². The van der Waals surface area contributed by atoms with E-state index in [9.17, 15) is 0 Å². The molecule has 0 aliphatic carbocycles. The summed E-state index contributed by atoms with van der Waals surface area (Å²) in [5.74, 6) is 0. The second-order valence-corrected chi connectivity index (χ2v) is 3.38. The molecule has 0 amide bonds. The summed E-state index contributed by atoms with van der Waals surface area (Å²) < 4.78 is 0. The van der Waals surface area contributed by atoms with Crippen molar-refractivity contribution in [2.24, 2.45) is 0 Å². The smallest absolute Gasteiger partial charge is 0.0271 e. The molecule has 0 fully saturated rings. The van der Waals surface area contributed by atoms with Crippen LogP contribution in [0.25, 0.3) is 0 Å². The number of aryl methyl sites for hydroxylation is 1. The van der Waals surface area contributed by atoms with Crippen LogP contribution in [-0.4, -0.2) is 6.66 Å². The van der Waals surface area contributed by atoms with E-state index in [0.29, 0.717) is 0 Å². The Morgan fingerprint density at radius 3 is 2.80 bits per heavy atom. The van der Waals surface area contributed by atoms with Crippen LogP contribution in [0.5, 0.6) is 0 Å². The van der Waals surface area contributed by atoms with Gasteiger partial charge < -0.3 is 0 Å². The maximum absolute atomic E-state index is 2.29. The summed E-state index contributed by atoms with van der Waals surface area (Å²) in [4.78, 5) is 0. The largest absolute Gasteiger partial charge is 0.0936 e. The van der Waals surface area contributed by atoms with Gasteiger partial charge in [0.1, 0.15) is 0 Å². The van der Waals surface area contributed by atoms with Crippen LogP contribution in [0.15, 0.2) is 24.3 Å². The average Bonchev–Trinajstić information content (AvgIpc) is 2.05. The van der Waals surface area contributed by atoms with E-state index in [1.54, 1.807) is 0 Å². The first kappa shape index (κ1) is 7.75. The van der Waals surface area contributed by atoms with Gasteiger partial charge in [-0.3, -0.25) is 0 Å². The second-order valence-electron chi connectivity index (χ2n) is 2.30. The topological polar surface area (TPSA) is 0 Å². The minimum absolute atomic E-state index is 0.929. The molecule has 1 heteroatoms. The Labute approximate surface area is 64.4 Å². The molecule has 1 atom stereocenters. The molecule has 0 aliphatic heterocycles. The first-order valence-corrected chi connectivity index (χ1v) is 5.13. The van der Waals surface area contributed by atoms with Crippen LogP contribution in [-0.2, 0) is 6.42 Å². The monoisotopic (exact) mass is 152 g/mol. The molecule has 54 valence electrons. The van der Waals surface area contributed by atoms with Crippen LogP contribution in [0.1, 0.15) is 12.5 Å². The Bertz CT molecular complexity index is 186. The minimum atomic E-state index is 0.929. The van der Waals surface area contributed by atoms with Crippen LogP contribution >= 0.6 is 8.58 Å². The van der Waals surface area contributed by atoms with E-state index in [-0.39, 0.29) is 0 Å². The highest BCUT2D eigenvalue weighted by molar-refractivity contribution is 7.46. The Hall–Kier alpha value is -0.350. The van der Waals surface area contributed by atoms with Crippen molar-refractivity contribution in [1.29, 1.82) is 0 Å². The molecule has 0 spiro atoms. The van der Waals surface area contributed by atoms with Crippen molar-refractivity contribution < 1.29 is 0 Å². The van der Waals surface area contributed by atoms with Gasteiger partial charge in [-0.15, -0.1) is 0 Å². The van der Waals surface area contributed by atoms with Gasteiger partial charge in [-0.1, -0.05) is 39.8 Å². The van der Waals surface area contributed by atoms with Gasteiger partial charge in [-0.25, -0.2) is 0 Å². The summed E-state index contributed by atoms with van der Waals surface area (Å²) in [7, 11) is 0.929. The highest BCUT2D eigenvalue weighted by atomic mass is 31.1. The maximum Gasteiger partial charge on any atom is -0.0271 e. The lowest BCUT2D eigenvalue weighted by molar-refractivity contribution is 1.14. The third-order valence-corrected chi connectivity index (χ3v) is 2.51. The molecule has 0 heterocycles. The van der Waals surface area contributed by atoms with Gasteiger partial charge >= 0.3 is 0 Å². The van der Waals surface area contributed by atoms with Crippen molar-refractivity contribution in [2.75, 3.05) is 6.66 Å². The van der Waals surface area contributed by atoms with Gasteiger partial charge in [0.25, 0.3) is 0 Å². The number of hydrogen-bond acceptors (Lipinski definition) is 0. The average molecular weight is 152 g/mol. The Morgan fingerprint density at radius 2 is 2.20 bits per heavy atom. The third-order valence-electron chi connectivity index (χ3n) is 1.62. The SMILES string of the molecule is CCc1cccc(PC)c1. The summed E-state index contributed by atoms with van der Waals surface area (Å²) in [6, 6.07) is 8.81. The Kier molecular flexibility index (Phi) is 2.89. The second kappa shape index (κ2) is 3.73. The van der Waals surface area contributed by atoms with Crippen molar-refractivity contribution >= 4 is 13.9 Å². The molecule has 0 saturated carbocycles. The summed E-state index contributed by atoms with van der Waals surface area (Å²) in [5.41, 5.74) is 1.45. The Morgan fingerprint density at radius 1 is 1.40 bits per heavy atom. The lowest BCUT2D eigenvalue weighted by Gasteiger charge is -1.98. The molecule has 1 unspecified atom stereocenters. The zero-order chi connectivity index (χ0) is 7.40. The number of rotatable bonds is 2. The first-order chi connectivity index (χ1) is 4.86. The van der Waals surface area contributed by atoms with Crippen molar-refractivity contribution in [2.45, 2.75) is 13.3 Å². The molecule has 1 aromatic carbocycles. The molecule has 1 aromatic rings. The van der Waals surface area contributed by atoms with Crippen LogP contribution in [0.2, 0.25) is 0 Å². The predicted octanol–water partition coefficient (Wildman–Crippen LogP) is 2.18. The molecular formula is C9H13P. The highest BCUT2D eigenvalue weighted by Gasteiger charge is 1.89. The lowest BCUT2D eigenvalue weighted by atomic mass is 10.2. The van der Waals surface area contributed by atoms with Crippen molar-refractivity contribution in [3.63, 3.8) is 0 Å². The highest BCUT2D eigenvalue weighted by Crippen LogP contribution is 2.06. The maximum atomic E-state index is 2.29. The van der Waals surface area contributed by atoms with Crippen LogP contribution < -0.4 is 5.30 Å². The quantitative estimate of drug-likeness (QED) is 0.570. The molecule has 0 saturated heterocycles.